The van der Waals surface area contributed by atoms with E-state index in [2.05, 4.69) is 10.4 Å². The lowest BCUT2D eigenvalue weighted by Gasteiger charge is -2.17. The summed E-state index contributed by atoms with van der Waals surface area (Å²) in [5, 5.41) is 15.2. The lowest BCUT2D eigenvalue weighted by Crippen LogP contribution is -2.41. The van der Waals surface area contributed by atoms with E-state index in [-0.39, 0.29) is 23.6 Å². The van der Waals surface area contributed by atoms with Crippen molar-refractivity contribution in [2.24, 2.45) is 5.92 Å². The van der Waals surface area contributed by atoms with Crippen LogP contribution in [0.2, 0.25) is 0 Å². The van der Waals surface area contributed by atoms with Crippen LogP contribution in [0.5, 0.6) is 0 Å². The maximum atomic E-state index is 13.0. The van der Waals surface area contributed by atoms with Crippen molar-refractivity contribution in [2.45, 2.75) is 32.5 Å². The van der Waals surface area contributed by atoms with Crippen molar-refractivity contribution in [2.75, 3.05) is 0 Å². The second kappa shape index (κ2) is 7.59. The lowest BCUT2D eigenvalue weighted by molar-refractivity contribution is -0.143. The molecule has 1 aromatic heterocycles. The van der Waals surface area contributed by atoms with E-state index in [0.717, 1.165) is 12.3 Å². The molecule has 0 aliphatic carbocycles. The van der Waals surface area contributed by atoms with Crippen molar-refractivity contribution in [1.29, 1.82) is 0 Å². The quantitative estimate of drug-likeness (QED) is 0.819. The van der Waals surface area contributed by atoms with E-state index in [0.29, 0.717) is 4.68 Å². The van der Waals surface area contributed by atoms with Crippen LogP contribution in [-0.2, 0) is 11.0 Å². The van der Waals surface area contributed by atoms with Crippen molar-refractivity contribution in [3.8, 4) is 5.69 Å². The highest BCUT2D eigenvalue weighted by Crippen LogP contribution is 2.30. The van der Waals surface area contributed by atoms with E-state index in [1.807, 2.05) is 13.8 Å². The summed E-state index contributed by atoms with van der Waals surface area (Å²) in [6.45, 7) is 3.64. The van der Waals surface area contributed by atoms with E-state index in [1.165, 1.54) is 24.3 Å². The average Bonchev–Trinajstić information content (AvgIpc) is 3.03. The molecular weight excluding hydrogens is 351 g/mol. The molecule has 9 heteroatoms. The first-order valence-corrected chi connectivity index (χ1v) is 7.85. The van der Waals surface area contributed by atoms with E-state index < -0.39 is 29.8 Å². The normalized spacial score (nSPS) is 12.8. The van der Waals surface area contributed by atoms with Gasteiger partial charge in [0.15, 0.2) is 0 Å². The van der Waals surface area contributed by atoms with Crippen LogP contribution in [0.15, 0.2) is 36.5 Å². The zero-order chi connectivity index (χ0) is 19.5. The first-order chi connectivity index (χ1) is 12.1. The van der Waals surface area contributed by atoms with Crippen molar-refractivity contribution in [1.82, 2.24) is 15.1 Å². The lowest BCUT2D eigenvalue weighted by atomic mass is 10.0. The van der Waals surface area contributed by atoms with Gasteiger partial charge in [-0.2, -0.15) is 18.3 Å². The smallest absolute Gasteiger partial charge is 0.433 e. The van der Waals surface area contributed by atoms with E-state index in [4.69, 9.17) is 0 Å². The van der Waals surface area contributed by atoms with E-state index >= 15 is 0 Å². The fourth-order valence-electron chi connectivity index (χ4n) is 2.44. The number of hydrogen-bond acceptors (Lipinski definition) is 3. The maximum absolute atomic E-state index is 13.0. The molecule has 0 saturated carbocycles. The summed E-state index contributed by atoms with van der Waals surface area (Å²) in [6.07, 6.45) is -3.35. The summed E-state index contributed by atoms with van der Waals surface area (Å²) in [5.74, 6) is -1.81. The van der Waals surface area contributed by atoms with Crippen molar-refractivity contribution in [3.05, 3.63) is 47.8 Å². The summed E-state index contributed by atoms with van der Waals surface area (Å²) in [7, 11) is 0. The van der Waals surface area contributed by atoms with Crippen molar-refractivity contribution < 1.29 is 27.9 Å². The number of alkyl halides is 3. The number of nitrogens with zero attached hydrogens (tertiary/aromatic N) is 2. The highest BCUT2D eigenvalue weighted by Gasteiger charge is 2.35. The van der Waals surface area contributed by atoms with Crippen molar-refractivity contribution in [3.63, 3.8) is 0 Å². The largest absolute Gasteiger partial charge is 0.480 e. The molecule has 0 fully saturated rings. The number of carboxylic acids is 1. The first kappa shape index (κ1) is 19.5. The van der Waals surface area contributed by atoms with Crippen LogP contribution < -0.4 is 5.32 Å². The highest BCUT2D eigenvalue weighted by atomic mass is 19.4. The molecule has 0 radical (unpaired) electrons. The Balaban J connectivity index is 2.28. The zero-order valence-corrected chi connectivity index (χ0v) is 14.1. The van der Waals surface area contributed by atoms with Gasteiger partial charge in [0.1, 0.15) is 11.7 Å². The number of aliphatic carboxylic acids is 1. The number of carbonyl (C=O) groups excluding carboxylic acids is 1. The Kier molecular flexibility index (Phi) is 5.69. The van der Waals surface area contributed by atoms with Crippen LogP contribution in [0.25, 0.3) is 5.69 Å². The number of aromatic nitrogens is 2. The Labute approximate surface area is 147 Å². The summed E-state index contributed by atoms with van der Waals surface area (Å²) in [5.41, 5.74) is -0.884. The third-order valence-corrected chi connectivity index (χ3v) is 3.60. The van der Waals surface area contributed by atoms with Crippen LogP contribution in [0.3, 0.4) is 0 Å². The van der Waals surface area contributed by atoms with Gasteiger partial charge in [-0.15, -0.1) is 0 Å². The third kappa shape index (κ3) is 4.62. The summed E-state index contributed by atoms with van der Waals surface area (Å²) < 4.78 is 39.7. The molecule has 0 unspecified atom stereocenters. The Morgan fingerprint density at radius 3 is 2.54 bits per heavy atom. The van der Waals surface area contributed by atoms with Gasteiger partial charge in [-0.25, -0.2) is 9.48 Å². The van der Waals surface area contributed by atoms with Gasteiger partial charge >= 0.3 is 12.1 Å². The average molecular weight is 369 g/mol. The van der Waals surface area contributed by atoms with Gasteiger partial charge in [-0.3, -0.25) is 4.79 Å². The predicted octanol–water partition coefficient (Wildman–Crippen LogP) is 3.12. The molecule has 2 aromatic rings. The second-order valence-electron chi connectivity index (χ2n) is 6.17. The third-order valence-electron chi connectivity index (χ3n) is 3.60. The van der Waals surface area contributed by atoms with Gasteiger partial charge in [-0.1, -0.05) is 19.9 Å². The molecule has 0 bridgehead atoms. The number of hydrogen-bond donors (Lipinski definition) is 2. The van der Waals surface area contributed by atoms with E-state index in [1.54, 1.807) is 0 Å². The Bertz CT molecular complexity index is 800. The Morgan fingerprint density at radius 1 is 1.27 bits per heavy atom. The number of carbonyl (C=O) groups is 2. The fourth-order valence-corrected chi connectivity index (χ4v) is 2.44. The molecule has 0 spiro atoms. The molecule has 1 amide bonds. The Morgan fingerprint density at radius 2 is 1.96 bits per heavy atom. The number of carboxylic acid groups (broad SMARTS) is 1. The molecule has 2 rings (SSSR count). The predicted molar refractivity (Wildman–Crippen MR) is 86.9 cm³/mol. The molecule has 6 nitrogen and oxygen atoms in total. The number of nitrogens with one attached hydrogen (secondary N) is 1. The van der Waals surface area contributed by atoms with Crippen LogP contribution in [0.4, 0.5) is 13.2 Å². The van der Waals surface area contributed by atoms with Gasteiger partial charge in [0.2, 0.25) is 0 Å². The summed E-state index contributed by atoms with van der Waals surface area (Å²) >= 11 is 0. The first-order valence-electron chi connectivity index (χ1n) is 7.85. The van der Waals surface area contributed by atoms with Crippen LogP contribution in [0.1, 0.15) is 36.3 Å². The molecule has 2 N–H and O–H groups in total. The highest BCUT2D eigenvalue weighted by molar-refractivity contribution is 5.97. The van der Waals surface area contributed by atoms with Gasteiger partial charge in [0.25, 0.3) is 5.91 Å². The van der Waals surface area contributed by atoms with Crippen LogP contribution >= 0.6 is 0 Å². The van der Waals surface area contributed by atoms with E-state index in [9.17, 15) is 27.9 Å². The summed E-state index contributed by atoms with van der Waals surface area (Å²) in [6, 6.07) is 5.15. The molecule has 140 valence electrons. The molecule has 0 aliphatic rings. The second-order valence-corrected chi connectivity index (χ2v) is 6.17. The van der Waals surface area contributed by atoms with Crippen LogP contribution in [-0.4, -0.2) is 32.8 Å². The van der Waals surface area contributed by atoms with Gasteiger partial charge in [-0.05, 0) is 36.6 Å². The van der Waals surface area contributed by atoms with Crippen LogP contribution in [0, 0.1) is 5.92 Å². The minimum absolute atomic E-state index is 0.0427. The minimum atomic E-state index is -4.60. The molecule has 1 atom stereocenters. The number of halogens is 3. The van der Waals surface area contributed by atoms with Gasteiger partial charge < -0.3 is 10.4 Å². The zero-order valence-electron chi connectivity index (χ0n) is 14.1. The molecule has 26 heavy (non-hydrogen) atoms. The Hall–Kier alpha value is -2.84. The monoisotopic (exact) mass is 369 g/mol. The standard InChI is InChI=1S/C17H18F3N3O3/c1-10(2)8-13(16(25)26)22-15(24)11-4-3-5-12(9-11)23-14(6-7-21-23)17(18,19)20/h3-7,9-10,13H,8H2,1-2H3,(H,22,24)(H,25,26)/t13-/m0/s1. The van der Waals surface area contributed by atoms with Gasteiger partial charge in [0.05, 0.1) is 11.9 Å². The maximum Gasteiger partial charge on any atom is 0.433 e. The minimum Gasteiger partial charge on any atom is -0.480 e. The van der Waals surface area contributed by atoms with Crippen molar-refractivity contribution >= 4 is 11.9 Å². The van der Waals surface area contributed by atoms with Gasteiger partial charge in [0, 0.05) is 5.56 Å². The SMILES string of the molecule is CC(C)C[C@H](NC(=O)c1cccc(-n2nccc2C(F)(F)F)c1)C(=O)O. The molecular formula is C17H18F3N3O3. The number of benzene rings is 1. The number of rotatable bonds is 6. The fraction of sp³-hybridized carbons (Fsp3) is 0.353. The molecule has 1 heterocycles. The summed E-state index contributed by atoms with van der Waals surface area (Å²) in [4.78, 5) is 23.6. The molecule has 1 aromatic carbocycles. The molecule has 0 saturated heterocycles. The topological polar surface area (TPSA) is 84.2 Å². The molecule has 0 aliphatic heterocycles. The number of amides is 1.